The molecule has 1 atom stereocenters. The van der Waals surface area contributed by atoms with E-state index in [-0.39, 0.29) is 11.9 Å². The maximum absolute atomic E-state index is 13.0. The minimum atomic E-state index is -0.0604. The molecule has 1 aliphatic heterocycles. The fourth-order valence-electron chi connectivity index (χ4n) is 3.21. The van der Waals surface area contributed by atoms with E-state index in [2.05, 4.69) is 61.0 Å². The molecule has 1 unspecified atom stereocenters. The smallest absolute Gasteiger partial charge is 0.274 e. The zero-order chi connectivity index (χ0) is 16.8. The van der Waals surface area contributed by atoms with E-state index in [1.165, 1.54) is 11.1 Å². The molecule has 0 fully saturated rings. The maximum Gasteiger partial charge on any atom is 0.274 e. The van der Waals surface area contributed by atoms with Crippen molar-refractivity contribution >= 4 is 43.4 Å². The van der Waals surface area contributed by atoms with Crippen molar-refractivity contribution in [1.29, 1.82) is 0 Å². The van der Waals surface area contributed by atoms with Crippen LogP contribution in [0.15, 0.2) is 45.6 Å². The Morgan fingerprint density at radius 3 is 3.00 bits per heavy atom. The van der Waals surface area contributed by atoms with Crippen LogP contribution in [0, 0.1) is 0 Å². The first kappa shape index (κ1) is 15.8. The molecule has 3 heterocycles. The van der Waals surface area contributed by atoms with E-state index in [0.29, 0.717) is 17.9 Å². The minimum Gasteiger partial charge on any atom is -0.330 e. The fraction of sp³-hybridized carbons (Fsp3) is 0.235. The van der Waals surface area contributed by atoms with Crippen LogP contribution in [0.5, 0.6) is 0 Å². The van der Waals surface area contributed by atoms with Gasteiger partial charge < -0.3 is 4.90 Å². The zero-order valence-electron chi connectivity index (χ0n) is 12.9. The molecule has 5 nitrogen and oxygen atoms in total. The van der Waals surface area contributed by atoms with Gasteiger partial charge in [0.25, 0.3) is 5.91 Å². The van der Waals surface area contributed by atoms with Gasteiger partial charge in [-0.25, -0.2) is 9.50 Å². The molecule has 24 heavy (non-hydrogen) atoms. The standard InChI is InChI=1S/C17H14Br2N4O/c1-10-12-3-2-4-14(19)13(12)5-6-22(10)17(24)15-7-16-20-8-11(18)9-23(16)21-15/h2-4,7-10H,5-6H2,1H3. The maximum atomic E-state index is 13.0. The summed E-state index contributed by atoms with van der Waals surface area (Å²) in [5.41, 5.74) is 3.56. The van der Waals surface area contributed by atoms with Crippen LogP contribution in [-0.2, 0) is 6.42 Å². The molecular formula is C17H14Br2N4O. The van der Waals surface area contributed by atoms with Gasteiger partial charge in [0, 0.05) is 29.5 Å². The molecule has 0 radical (unpaired) electrons. The Morgan fingerprint density at radius 1 is 1.33 bits per heavy atom. The monoisotopic (exact) mass is 448 g/mol. The van der Waals surface area contributed by atoms with Crippen molar-refractivity contribution in [3.63, 3.8) is 0 Å². The molecule has 0 spiro atoms. The van der Waals surface area contributed by atoms with Gasteiger partial charge in [0.15, 0.2) is 11.3 Å². The van der Waals surface area contributed by atoms with Crippen LogP contribution in [0.2, 0.25) is 0 Å². The number of rotatable bonds is 1. The summed E-state index contributed by atoms with van der Waals surface area (Å²) in [5, 5.41) is 4.38. The first-order chi connectivity index (χ1) is 11.5. The number of amides is 1. The predicted molar refractivity (Wildman–Crippen MR) is 98.0 cm³/mol. The first-order valence-electron chi connectivity index (χ1n) is 7.64. The zero-order valence-corrected chi connectivity index (χ0v) is 16.1. The summed E-state index contributed by atoms with van der Waals surface area (Å²) >= 11 is 6.98. The molecule has 0 bridgehead atoms. The van der Waals surface area contributed by atoms with Crippen molar-refractivity contribution in [2.75, 3.05) is 6.54 Å². The van der Waals surface area contributed by atoms with Crippen LogP contribution in [-0.4, -0.2) is 31.9 Å². The van der Waals surface area contributed by atoms with E-state index in [0.717, 1.165) is 15.4 Å². The third kappa shape index (κ3) is 2.56. The molecule has 1 aromatic carbocycles. The normalized spacial score (nSPS) is 17.1. The van der Waals surface area contributed by atoms with Crippen molar-refractivity contribution in [3.8, 4) is 0 Å². The molecule has 1 amide bonds. The highest BCUT2D eigenvalue weighted by Gasteiger charge is 2.30. The largest absolute Gasteiger partial charge is 0.330 e. The molecule has 1 aliphatic rings. The highest BCUT2D eigenvalue weighted by atomic mass is 79.9. The van der Waals surface area contributed by atoms with E-state index < -0.39 is 0 Å². The van der Waals surface area contributed by atoms with Gasteiger partial charge in [0.2, 0.25) is 0 Å². The summed E-state index contributed by atoms with van der Waals surface area (Å²) < 4.78 is 3.55. The van der Waals surface area contributed by atoms with Gasteiger partial charge in [0.05, 0.1) is 10.5 Å². The highest BCUT2D eigenvalue weighted by molar-refractivity contribution is 9.10. The molecule has 0 saturated heterocycles. The van der Waals surface area contributed by atoms with E-state index in [4.69, 9.17) is 0 Å². The van der Waals surface area contributed by atoms with Crippen LogP contribution in [0.25, 0.3) is 5.65 Å². The molecule has 0 aliphatic carbocycles. The summed E-state index contributed by atoms with van der Waals surface area (Å²) in [7, 11) is 0. The average molecular weight is 450 g/mol. The fourth-order valence-corrected chi connectivity index (χ4v) is 4.08. The third-order valence-corrected chi connectivity index (χ3v) is 5.59. The molecule has 3 aromatic rings. The Balaban J connectivity index is 1.69. The van der Waals surface area contributed by atoms with Gasteiger partial charge in [-0.3, -0.25) is 4.79 Å². The van der Waals surface area contributed by atoms with E-state index in [1.54, 1.807) is 23.0 Å². The predicted octanol–water partition coefficient (Wildman–Crippen LogP) is 4.01. The third-order valence-electron chi connectivity index (χ3n) is 4.44. The lowest BCUT2D eigenvalue weighted by Crippen LogP contribution is -2.39. The Kier molecular flexibility index (Phi) is 3.92. The molecular weight excluding hydrogens is 436 g/mol. The van der Waals surface area contributed by atoms with Crippen molar-refractivity contribution < 1.29 is 4.79 Å². The Bertz CT molecular complexity index is 953. The number of benzene rings is 1. The van der Waals surface area contributed by atoms with Crippen molar-refractivity contribution in [3.05, 3.63) is 62.4 Å². The van der Waals surface area contributed by atoms with Gasteiger partial charge in [0.1, 0.15) is 0 Å². The van der Waals surface area contributed by atoms with Crippen LogP contribution in [0.1, 0.15) is 34.6 Å². The van der Waals surface area contributed by atoms with Crippen molar-refractivity contribution in [2.24, 2.45) is 0 Å². The van der Waals surface area contributed by atoms with Gasteiger partial charge in [-0.05, 0) is 46.5 Å². The Labute approximate surface area is 155 Å². The van der Waals surface area contributed by atoms with E-state index in [9.17, 15) is 4.79 Å². The number of carbonyl (C=O) groups is 1. The Hall–Kier alpha value is -1.73. The second kappa shape index (κ2) is 5.97. The van der Waals surface area contributed by atoms with E-state index >= 15 is 0 Å². The van der Waals surface area contributed by atoms with Crippen LogP contribution >= 0.6 is 31.9 Å². The van der Waals surface area contributed by atoms with Crippen molar-refractivity contribution in [2.45, 2.75) is 19.4 Å². The quantitative estimate of drug-likeness (QED) is 0.563. The summed E-state index contributed by atoms with van der Waals surface area (Å²) in [6, 6.07) is 7.90. The lowest BCUT2D eigenvalue weighted by atomic mass is 9.93. The number of halogens is 2. The van der Waals surface area contributed by atoms with Gasteiger partial charge >= 0.3 is 0 Å². The van der Waals surface area contributed by atoms with Crippen LogP contribution in [0.3, 0.4) is 0 Å². The Morgan fingerprint density at radius 2 is 2.17 bits per heavy atom. The molecule has 0 N–H and O–H groups in total. The first-order valence-corrected chi connectivity index (χ1v) is 9.22. The summed E-state index contributed by atoms with van der Waals surface area (Å²) in [6.45, 7) is 2.74. The summed E-state index contributed by atoms with van der Waals surface area (Å²) in [6.07, 6.45) is 4.33. The molecule has 7 heteroatoms. The number of hydrogen-bond acceptors (Lipinski definition) is 3. The molecule has 122 valence electrons. The van der Waals surface area contributed by atoms with Crippen LogP contribution in [0.4, 0.5) is 0 Å². The van der Waals surface area contributed by atoms with Crippen molar-refractivity contribution in [1.82, 2.24) is 19.5 Å². The van der Waals surface area contributed by atoms with Gasteiger partial charge in [-0.15, -0.1) is 0 Å². The number of hydrogen-bond donors (Lipinski definition) is 0. The van der Waals surface area contributed by atoms with E-state index in [1.807, 2.05) is 11.0 Å². The summed E-state index contributed by atoms with van der Waals surface area (Å²) in [4.78, 5) is 19.1. The molecule has 4 rings (SSSR count). The average Bonchev–Trinajstić information content (AvgIpc) is 2.98. The van der Waals surface area contributed by atoms with Gasteiger partial charge in [-0.1, -0.05) is 28.1 Å². The molecule has 2 aromatic heterocycles. The lowest BCUT2D eigenvalue weighted by molar-refractivity contribution is 0.0671. The topological polar surface area (TPSA) is 50.5 Å². The number of aromatic nitrogens is 3. The number of carbonyl (C=O) groups excluding carboxylic acids is 1. The second-order valence-electron chi connectivity index (χ2n) is 5.84. The lowest BCUT2D eigenvalue weighted by Gasteiger charge is -2.35. The number of fused-ring (bicyclic) bond motifs is 2. The van der Waals surface area contributed by atoms with Crippen LogP contribution < -0.4 is 0 Å². The number of nitrogens with zero attached hydrogens (tertiary/aromatic N) is 4. The second-order valence-corrected chi connectivity index (χ2v) is 7.61. The highest BCUT2D eigenvalue weighted by Crippen LogP contribution is 2.34. The van der Waals surface area contributed by atoms with Gasteiger partial charge in [-0.2, -0.15) is 5.10 Å². The SMILES string of the molecule is CC1c2cccc(Br)c2CCN1C(=O)c1cc2ncc(Br)cn2n1. The summed E-state index contributed by atoms with van der Waals surface area (Å²) in [5.74, 6) is -0.0604. The minimum absolute atomic E-state index is 0.0169. The molecule has 0 saturated carbocycles.